The van der Waals surface area contributed by atoms with Gasteiger partial charge in [0.05, 0.1) is 18.2 Å². The highest BCUT2D eigenvalue weighted by Crippen LogP contribution is 2.26. The average Bonchev–Trinajstić information content (AvgIpc) is 3.35. The molecule has 2 fully saturated rings. The Labute approximate surface area is 227 Å². The summed E-state index contributed by atoms with van der Waals surface area (Å²) in [6.07, 6.45) is 4.77. The largest absolute Gasteiger partial charge is 0.351 e. The first-order chi connectivity index (χ1) is 19.0. The van der Waals surface area contributed by atoms with E-state index >= 15 is 0 Å². The van der Waals surface area contributed by atoms with Crippen molar-refractivity contribution in [2.45, 2.75) is 44.2 Å². The van der Waals surface area contributed by atoms with Crippen molar-refractivity contribution in [3.8, 4) is 17.5 Å². The van der Waals surface area contributed by atoms with Crippen LogP contribution in [0.1, 0.15) is 36.8 Å². The lowest BCUT2D eigenvalue weighted by Crippen LogP contribution is -2.57. The first-order valence-electron chi connectivity index (χ1n) is 13.4. The van der Waals surface area contributed by atoms with E-state index in [1.54, 1.807) is 17.8 Å². The Morgan fingerprint density at radius 1 is 1.18 bits per heavy atom. The molecule has 3 atom stereocenters. The number of piperazine rings is 1. The van der Waals surface area contributed by atoms with Crippen molar-refractivity contribution in [3.05, 3.63) is 59.7 Å². The number of nitrogens with zero attached hydrogens (tertiary/aromatic N) is 6. The van der Waals surface area contributed by atoms with Crippen molar-refractivity contribution in [1.29, 1.82) is 5.26 Å². The van der Waals surface area contributed by atoms with Gasteiger partial charge in [-0.3, -0.25) is 9.69 Å². The summed E-state index contributed by atoms with van der Waals surface area (Å²) in [6, 6.07) is 16.9. The van der Waals surface area contributed by atoms with Gasteiger partial charge in [-0.2, -0.15) is 5.26 Å². The molecule has 1 aromatic heterocycles. The van der Waals surface area contributed by atoms with E-state index in [9.17, 15) is 14.9 Å². The van der Waals surface area contributed by atoms with Crippen LogP contribution >= 0.6 is 0 Å². The number of carbonyl (C=O) groups is 2. The zero-order valence-electron chi connectivity index (χ0n) is 22.0. The summed E-state index contributed by atoms with van der Waals surface area (Å²) in [4.78, 5) is 27.7. The zero-order valence-corrected chi connectivity index (χ0v) is 22.0. The van der Waals surface area contributed by atoms with Gasteiger partial charge in [-0.05, 0) is 65.4 Å². The van der Waals surface area contributed by atoms with Crippen LogP contribution in [-0.4, -0.2) is 68.8 Å². The van der Waals surface area contributed by atoms with Crippen LogP contribution in [0.5, 0.6) is 0 Å². The molecule has 1 aliphatic carbocycles. The SMILES string of the molecule is Cn1nnnc1-c1cccc(NC(=O)N[C@@H]2CCCC[C@H]2CN2CC(=O)N[C@@H](Cc3cccc(C#N)c3)C2)c1. The summed E-state index contributed by atoms with van der Waals surface area (Å²) >= 11 is 0. The predicted molar refractivity (Wildman–Crippen MR) is 145 cm³/mol. The molecular weight excluding hydrogens is 494 g/mol. The fraction of sp³-hybridized carbons (Fsp3) is 0.429. The van der Waals surface area contributed by atoms with Gasteiger partial charge < -0.3 is 16.0 Å². The van der Waals surface area contributed by atoms with E-state index in [1.165, 1.54) is 0 Å². The second-order valence-corrected chi connectivity index (χ2v) is 10.4. The van der Waals surface area contributed by atoms with Crippen molar-refractivity contribution in [2.24, 2.45) is 13.0 Å². The maximum absolute atomic E-state index is 13.0. The van der Waals surface area contributed by atoms with Crippen LogP contribution in [-0.2, 0) is 18.3 Å². The van der Waals surface area contributed by atoms with Crippen LogP contribution in [0.3, 0.4) is 0 Å². The number of urea groups is 1. The zero-order chi connectivity index (χ0) is 27.2. The Morgan fingerprint density at radius 2 is 2.03 bits per heavy atom. The molecule has 0 unspecified atom stereocenters. The summed E-state index contributed by atoms with van der Waals surface area (Å²) in [5, 5.41) is 30.0. The Morgan fingerprint density at radius 3 is 2.85 bits per heavy atom. The molecule has 1 saturated carbocycles. The molecule has 0 spiro atoms. The van der Waals surface area contributed by atoms with Gasteiger partial charge >= 0.3 is 6.03 Å². The van der Waals surface area contributed by atoms with Crippen LogP contribution in [0, 0.1) is 17.2 Å². The number of anilines is 1. The van der Waals surface area contributed by atoms with Gasteiger partial charge in [0.25, 0.3) is 0 Å². The quantitative estimate of drug-likeness (QED) is 0.429. The van der Waals surface area contributed by atoms with Crippen LogP contribution in [0.4, 0.5) is 10.5 Å². The fourth-order valence-electron chi connectivity index (χ4n) is 5.70. The summed E-state index contributed by atoms with van der Waals surface area (Å²) < 4.78 is 1.58. The average molecular weight is 528 g/mol. The monoisotopic (exact) mass is 527 g/mol. The van der Waals surface area contributed by atoms with Crippen molar-refractivity contribution >= 4 is 17.6 Å². The van der Waals surface area contributed by atoms with Gasteiger partial charge in [0.15, 0.2) is 5.82 Å². The number of tetrazole rings is 1. The number of rotatable bonds is 7. The molecule has 2 heterocycles. The lowest BCUT2D eigenvalue weighted by Gasteiger charge is -2.39. The molecule has 5 rings (SSSR count). The van der Waals surface area contributed by atoms with Crippen molar-refractivity contribution in [1.82, 2.24) is 35.7 Å². The summed E-state index contributed by atoms with van der Waals surface area (Å²) in [5.74, 6) is 0.890. The summed E-state index contributed by atoms with van der Waals surface area (Å²) in [6.45, 7) is 1.84. The lowest BCUT2D eigenvalue weighted by molar-refractivity contribution is -0.125. The molecule has 1 saturated heterocycles. The number of benzene rings is 2. The van der Waals surface area contributed by atoms with Crippen LogP contribution in [0.2, 0.25) is 0 Å². The molecule has 1 aliphatic heterocycles. The third-order valence-corrected chi connectivity index (χ3v) is 7.47. The molecule has 3 amide bonds. The molecule has 0 radical (unpaired) electrons. The molecule has 39 heavy (non-hydrogen) atoms. The maximum atomic E-state index is 13.0. The van der Waals surface area contributed by atoms with E-state index in [0.717, 1.165) is 49.9 Å². The first-order valence-corrected chi connectivity index (χ1v) is 13.4. The number of hydrogen-bond acceptors (Lipinski definition) is 7. The second kappa shape index (κ2) is 12.0. The molecule has 11 nitrogen and oxygen atoms in total. The molecule has 2 aliphatic rings. The minimum absolute atomic E-state index is 0.0127. The van der Waals surface area contributed by atoms with Crippen LogP contribution in [0.15, 0.2) is 48.5 Å². The third-order valence-electron chi connectivity index (χ3n) is 7.47. The number of nitrogens with one attached hydrogen (secondary N) is 3. The minimum Gasteiger partial charge on any atom is -0.351 e. The molecule has 3 N–H and O–H groups in total. The molecule has 3 aromatic rings. The molecule has 202 valence electrons. The smallest absolute Gasteiger partial charge is 0.319 e. The predicted octanol–water partition coefficient (Wildman–Crippen LogP) is 2.47. The normalized spacial score (nSPS) is 21.5. The first kappa shape index (κ1) is 26.3. The highest BCUT2D eigenvalue weighted by atomic mass is 16.2. The summed E-state index contributed by atoms with van der Waals surface area (Å²) in [5.41, 5.74) is 3.14. The number of carbonyl (C=O) groups excluding carboxylic acids is 2. The summed E-state index contributed by atoms with van der Waals surface area (Å²) in [7, 11) is 1.77. The Kier molecular flexibility index (Phi) is 8.13. The van der Waals surface area contributed by atoms with Gasteiger partial charge in [0, 0.05) is 43.5 Å². The highest BCUT2D eigenvalue weighted by molar-refractivity contribution is 5.90. The van der Waals surface area contributed by atoms with Gasteiger partial charge in [-0.15, -0.1) is 5.10 Å². The van der Waals surface area contributed by atoms with E-state index < -0.39 is 0 Å². The molecule has 11 heteroatoms. The van der Waals surface area contributed by atoms with Gasteiger partial charge in [-0.25, -0.2) is 9.48 Å². The topological polar surface area (TPSA) is 141 Å². The lowest BCUT2D eigenvalue weighted by atomic mass is 9.84. The molecule has 0 bridgehead atoms. The van der Waals surface area contributed by atoms with E-state index in [4.69, 9.17) is 0 Å². The molecule has 2 aromatic carbocycles. The number of amides is 3. The molecular formula is C28H33N9O2. The Bertz CT molecular complexity index is 1360. The number of hydrogen-bond donors (Lipinski definition) is 3. The van der Waals surface area contributed by atoms with E-state index in [-0.39, 0.29) is 29.9 Å². The number of nitriles is 1. The fourth-order valence-corrected chi connectivity index (χ4v) is 5.70. The highest BCUT2D eigenvalue weighted by Gasteiger charge is 2.32. The van der Waals surface area contributed by atoms with Crippen molar-refractivity contribution in [3.63, 3.8) is 0 Å². The van der Waals surface area contributed by atoms with E-state index in [2.05, 4.69) is 42.4 Å². The maximum Gasteiger partial charge on any atom is 0.319 e. The van der Waals surface area contributed by atoms with Gasteiger partial charge in [-0.1, -0.05) is 37.1 Å². The van der Waals surface area contributed by atoms with Crippen molar-refractivity contribution < 1.29 is 9.59 Å². The van der Waals surface area contributed by atoms with Crippen molar-refractivity contribution in [2.75, 3.05) is 25.0 Å². The van der Waals surface area contributed by atoms with E-state index in [0.29, 0.717) is 30.0 Å². The minimum atomic E-state index is -0.244. The third kappa shape index (κ3) is 6.78. The van der Waals surface area contributed by atoms with Gasteiger partial charge in [0.2, 0.25) is 5.91 Å². The van der Waals surface area contributed by atoms with Gasteiger partial charge in [0.1, 0.15) is 0 Å². The standard InChI is InChI=1S/C28H33N9O2/c1-36-27(33-34-35-36)21-9-5-10-23(14-21)31-28(39)32-25-11-3-2-8-22(25)16-37-17-24(30-26(38)18-37)13-19-6-4-7-20(12-19)15-29/h4-7,9-10,12,14,22,24-25H,2-3,8,11,13,16-18H2,1H3,(H,30,38)(H2,31,32,39)/t22-,24-,25+/m0/s1. The van der Waals surface area contributed by atoms with Crippen LogP contribution < -0.4 is 16.0 Å². The van der Waals surface area contributed by atoms with Crippen LogP contribution in [0.25, 0.3) is 11.4 Å². The van der Waals surface area contributed by atoms with E-state index in [1.807, 2.05) is 42.5 Å². The second-order valence-electron chi connectivity index (χ2n) is 10.4. The number of aromatic nitrogens is 4. The number of aryl methyl sites for hydroxylation is 1. The Hall–Kier alpha value is -4.30. The Balaban J connectivity index is 1.18.